The maximum absolute atomic E-state index is 12.5. The number of thiophene rings is 1. The predicted molar refractivity (Wildman–Crippen MR) is 101 cm³/mol. The molecule has 0 spiro atoms. The minimum atomic E-state index is -0.598. The summed E-state index contributed by atoms with van der Waals surface area (Å²) in [5.41, 5.74) is 1.88. The molecule has 0 bridgehead atoms. The van der Waals surface area contributed by atoms with E-state index in [1.54, 1.807) is 35.8 Å². The van der Waals surface area contributed by atoms with E-state index in [4.69, 9.17) is 0 Å². The van der Waals surface area contributed by atoms with Crippen molar-refractivity contribution in [3.05, 3.63) is 70.7 Å². The number of amides is 2. The van der Waals surface area contributed by atoms with Crippen LogP contribution in [0, 0.1) is 0 Å². The van der Waals surface area contributed by atoms with Gasteiger partial charge in [0.2, 0.25) is 5.91 Å². The van der Waals surface area contributed by atoms with Gasteiger partial charge in [-0.15, -0.1) is 11.3 Å². The van der Waals surface area contributed by atoms with Gasteiger partial charge in [0.1, 0.15) is 6.04 Å². The summed E-state index contributed by atoms with van der Waals surface area (Å²) in [5, 5.41) is 8.91. The van der Waals surface area contributed by atoms with Crippen molar-refractivity contribution in [1.29, 1.82) is 0 Å². The van der Waals surface area contributed by atoms with Crippen LogP contribution in [0.5, 0.6) is 0 Å². The Morgan fingerprint density at radius 1 is 1.23 bits per heavy atom. The van der Waals surface area contributed by atoms with Crippen LogP contribution in [0.3, 0.4) is 0 Å². The molecular weight excluding hydrogens is 348 g/mol. The van der Waals surface area contributed by atoms with Crippen LogP contribution in [0.25, 0.3) is 5.69 Å². The second-order valence-electron chi connectivity index (χ2n) is 6.00. The molecule has 3 aromatic rings. The molecule has 1 atom stereocenters. The highest BCUT2D eigenvalue weighted by molar-refractivity contribution is 7.12. The Balaban J connectivity index is 1.59. The highest BCUT2D eigenvalue weighted by Gasteiger charge is 2.21. The zero-order valence-electron chi connectivity index (χ0n) is 14.6. The molecule has 0 aliphatic carbocycles. The summed E-state index contributed by atoms with van der Waals surface area (Å²) in [4.78, 5) is 26.8. The number of likely N-dealkylation sites (N-methyl/N-ethyl adjacent to an activating group) is 1. The third-order valence-electron chi connectivity index (χ3n) is 3.92. The molecule has 26 heavy (non-hydrogen) atoms. The summed E-state index contributed by atoms with van der Waals surface area (Å²) >= 11 is 1.35. The molecule has 0 aliphatic rings. The molecule has 0 radical (unpaired) electrons. The number of benzene rings is 1. The summed E-state index contributed by atoms with van der Waals surface area (Å²) in [5.74, 6) is -0.381. The summed E-state index contributed by atoms with van der Waals surface area (Å²) in [6, 6.07) is 12.7. The van der Waals surface area contributed by atoms with Crippen molar-refractivity contribution >= 4 is 23.2 Å². The van der Waals surface area contributed by atoms with E-state index in [2.05, 4.69) is 10.4 Å². The lowest BCUT2D eigenvalue weighted by Gasteiger charge is -2.21. The first kappa shape index (κ1) is 17.9. The van der Waals surface area contributed by atoms with Crippen molar-refractivity contribution in [2.24, 2.45) is 0 Å². The van der Waals surface area contributed by atoms with Gasteiger partial charge in [-0.05, 0) is 30.5 Å². The molecule has 0 saturated heterocycles. The molecular formula is C19H20N4O2S. The molecule has 2 heterocycles. The van der Waals surface area contributed by atoms with Gasteiger partial charge < -0.3 is 10.2 Å². The zero-order chi connectivity index (χ0) is 18.5. The predicted octanol–water partition coefficient (Wildman–Crippen LogP) is 2.71. The van der Waals surface area contributed by atoms with E-state index in [0.29, 0.717) is 11.4 Å². The van der Waals surface area contributed by atoms with Crippen LogP contribution in [0.4, 0.5) is 0 Å². The van der Waals surface area contributed by atoms with Crippen molar-refractivity contribution in [1.82, 2.24) is 20.0 Å². The third-order valence-corrected chi connectivity index (χ3v) is 4.78. The normalized spacial score (nSPS) is 11.8. The summed E-state index contributed by atoms with van der Waals surface area (Å²) < 4.78 is 1.77. The Labute approximate surface area is 156 Å². The SMILES string of the molecule is CC(NC(=O)c1cccs1)C(=O)N(C)Cc1cnn(-c2ccccc2)c1. The molecule has 1 N–H and O–H groups in total. The van der Waals surface area contributed by atoms with Crippen LogP contribution < -0.4 is 5.32 Å². The van der Waals surface area contributed by atoms with Crippen LogP contribution in [-0.4, -0.2) is 39.6 Å². The maximum Gasteiger partial charge on any atom is 0.261 e. The Morgan fingerprint density at radius 3 is 2.69 bits per heavy atom. The van der Waals surface area contributed by atoms with E-state index in [1.807, 2.05) is 48.0 Å². The van der Waals surface area contributed by atoms with Crippen LogP contribution >= 0.6 is 11.3 Å². The number of hydrogen-bond acceptors (Lipinski definition) is 4. The second-order valence-corrected chi connectivity index (χ2v) is 6.94. The van der Waals surface area contributed by atoms with Gasteiger partial charge in [0.05, 0.1) is 16.8 Å². The number of carbonyl (C=O) groups is 2. The van der Waals surface area contributed by atoms with Crippen LogP contribution in [-0.2, 0) is 11.3 Å². The first-order valence-corrected chi connectivity index (χ1v) is 9.11. The third kappa shape index (κ3) is 4.18. The second kappa shape index (κ2) is 7.97. The van der Waals surface area contributed by atoms with Gasteiger partial charge in [-0.25, -0.2) is 4.68 Å². The number of hydrogen-bond donors (Lipinski definition) is 1. The zero-order valence-corrected chi connectivity index (χ0v) is 15.4. The lowest BCUT2D eigenvalue weighted by Crippen LogP contribution is -2.45. The standard InChI is InChI=1S/C19H20N4O2S/c1-14(21-18(24)17-9-6-10-26-17)19(25)22(2)12-15-11-20-23(13-15)16-7-4-3-5-8-16/h3-11,13-14H,12H2,1-2H3,(H,21,24). The minimum absolute atomic E-state index is 0.151. The maximum atomic E-state index is 12.5. The van der Waals surface area contributed by atoms with Gasteiger partial charge in [0.25, 0.3) is 5.91 Å². The fourth-order valence-electron chi connectivity index (χ4n) is 2.58. The quantitative estimate of drug-likeness (QED) is 0.727. The number of rotatable bonds is 6. The number of aromatic nitrogens is 2. The fraction of sp³-hybridized carbons (Fsp3) is 0.211. The molecule has 0 saturated carbocycles. The van der Waals surface area contributed by atoms with Crippen molar-refractivity contribution in [2.75, 3.05) is 7.05 Å². The van der Waals surface area contributed by atoms with Gasteiger partial charge in [0.15, 0.2) is 0 Å². The van der Waals surface area contributed by atoms with Crippen molar-refractivity contribution in [3.8, 4) is 5.69 Å². The first-order valence-electron chi connectivity index (χ1n) is 8.23. The molecule has 134 valence electrons. The Hall–Kier alpha value is -2.93. The number of para-hydroxylation sites is 1. The van der Waals surface area contributed by atoms with E-state index in [-0.39, 0.29) is 11.8 Å². The van der Waals surface area contributed by atoms with E-state index in [1.165, 1.54) is 11.3 Å². The highest BCUT2D eigenvalue weighted by atomic mass is 32.1. The lowest BCUT2D eigenvalue weighted by molar-refractivity contribution is -0.132. The van der Waals surface area contributed by atoms with Crippen LogP contribution in [0.1, 0.15) is 22.2 Å². The highest BCUT2D eigenvalue weighted by Crippen LogP contribution is 2.11. The molecule has 1 aromatic carbocycles. The summed E-state index contributed by atoms with van der Waals surface area (Å²) in [6.07, 6.45) is 3.64. The Kier molecular flexibility index (Phi) is 5.48. The van der Waals surface area contributed by atoms with Gasteiger partial charge in [-0.1, -0.05) is 24.3 Å². The van der Waals surface area contributed by atoms with Crippen molar-refractivity contribution < 1.29 is 9.59 Å². The molecule has 1 unspecified atom stereocenters. The Bertz CT molecular complexity index is 874. The van der Waals surface area contributed by atoms with Crippen LogP contribution in [0.2, 0.25) is 0 Å². The van der Waals surface area contributed by atoms with Gasteiger partial charge >= 0.3 is 0 Å². The van der Waals surface area contributed by atoms with Crippen molar-refractivity contribution in [2.45, 2.75) is 19.5 Å². The van der Waals surface area contributed by atoms with Crippen LogP contribution in [0.15, 0.2) is 60.2 Å². The lowest BCUT2D eigenvalue weighted by atomic mass is 10.2. The topological polar surface area (TPSA) is 67.2 Å². The van der Waals surface area contributed by atoms with Gasteiger partial charge in [0, 0.05) is 25.4 Å². The van der Waals surface area contributed by atoms with Gasteiger partial charge in [-0.3, -0.25) is 9.59 Å². The minimum Gasteiger partial charge on any atom is -0.340 e. The largest absolute Gasteiger partial charge is 0.340 e. The molecule has 3 rings (SSSR count). The van der Waals surface area contributed by atoms with E-state index in [9.17, 15) is 9.59 Å². The van der Waals surface area contributed by atoms with E-state index < -0.39 is 6.04 Å². The molecule has 6 nitrogen and oxygen atoms in total. The molecule has 0 aliphatic heterocycles. The summed E-state index contributed by atoms with van der Waals surface area (Å²) in [6.45, 7) is 2.11. The molecule has 2 aromatic heterocycles. The molecule has 7 heteroatoms. The van der Waals surface area contributed by atoms with Crippen molar-refractivity contribution in [3.63, 3.8) is 0 Å². The number of carbonyl (C=O) groups excluding carboxylic acids is 2. The smallest absolute Gasteiger partial charge is 0.261 e. The Morgan fingerprint density at radius 2 is 2.00 bits per heavy atom. The molecule has 0 fully saturated rings. The number of nitrogens with zero attached hydrogens (tertiary/aromatic N) is 3. The first-order chi connectivity index (χ1) is 12.5. The average Bonchev–Trinajstić information content (AvgIpc) is 3.33. The summed E-state index contributed by atoms with van der Waals surface area (Å²) in [7, 11) is 1.72. The molecule has 2 amide bonds. The average molecular weight is 368 g/mol. The fourth-order valence-corrected chi connectivity index (χ4v) is 3.21. The van der Waals surface area contributed by atoms with Gasteiger partial charge in [-0.2, -0.15) is 5.10 Å². The van der Waals surface area contributed by atoms with E-state index in [0.717, 1.165) is 11.3 Å². The monoisotopic (exact) mass is 368 g/mol. The van der Waals surface area contributed by atoms with E-state index >= 15 is 0 Å². The number of nitrogens with one attached hydrogen (secondary N) is 1.